The molecule has 7 nitrogen and oxygen atoms in total. The standard InChI is InChI=1S/C20H22N2O5S/c1-3-26-12-13-27-17-11-7-5-9-15(17)18(23)22-20(28)21-16-10-6-4-8-14(16)19(24)25-2/h4-11H,3,12-13H2,1-2H3,(H2,21,22,23,28). The molecule has 8 heteroatoms. The van der Waals surface area contributed by atoms with Gasteiger partial charge in [-0.3, -0.25) is 10.1 Å². The minimum atomic E-state index is -0.509. The van der Waals surface area contributed by atoms with Crippen LogP contribution in [0.4, 0.5) is 5.69 Å². The van der Waals surface area contributed by atoms with Crippen molar-refractivity contribution in [2.24, 2.45) is 0 Å². The van der Waals surface area contributed by atoms with Gasteiger partial charge in [-0.05, 0) is 43.4 Å². The molecule has 0 unspecified atom stereocenters. The number of para-hydroxylation sites is 2. The molecule has 0 saturated carbocycles. The van der Waals surface area contributed by atoms with E-state index in [4.69, 9.17) is 26.4 Å². The maximum atomic E-state index is 12.6. The Hall–Kier alpha value is -2.97. The first kappa shape index (κ1) is 21.3. The molecule has 0 aliphatic carbocycles. The Morgan fingerprint density at radius 1 is 1.00 bits per heavy atom. The number of amides is 1. The smallest absolute Gasteiger partial charge is 0.339 e. The van der Waals surface area contributed by atoms with Crippen LogP contribution in [0.5, 0.6) is 5.75 Å². The summed E-state index contributed by atoms with van der Waals surface area (Å²) in [6.07, 6.45) is 0. The zero-order valence-corrected chi connectivity index (χ0v) is 16.5. The van der Waals surface area contributed by atoms with Gasteiger partial charge in [-0.25, -0.2) is 4.79 Å². The Balaban J connectivity index is 2.04. The Labute approximate surface area is 169 Å². The molecule has 148 valence electrons. The third-order valence-corrected chi connectivity index (χ3v) is 3.83. The molecule has 2 aromatic rings. The molecule has 0 fully saturated rings. The van der Waals surface area contributed by atoms with Crippen LogP contribution in [0.25, 0.3) is 0 Å². The lowest BCUT2D eigenvalue weighted by molar-refractivity contribution is 0.0602. The monoisotopic (exact) mass is 402 g/mol. The predicted molar refractivity (Wildman–Crippen MR) is 110 cm³/mol. The summed E-state index contributed by atoms with van der Waals surface area (Å²) in [5.74, 6) is -0.511. The number of hydrogen-bond donors (Lipinski definition) is 2. The number of rotatable bonds is 8. The van der Waals surface area contributed by atoms with Crippen LogP contribution >= 0.6 is 12.2 Å². The van der Waals surface area contributed by atoms with E-state index in [2.05, 4.69) is 10.6 Å². The van der Waals surface area contributed by atoms with E-state index in [-0.39, 0.29) is 5.11 Å². The highest BCUT2D eigenvalue weighted by molar-refractivity contribution is 7.80. The Morgan fingerprint density at radius 2 is 1.68 bits per heavy atom. The number of carbonyl (C=O) groups is 2. The van der Waals surface area contributed by atoms with Crippen LogP contribution < -0.4 is 15.4 Å². The van der Waals surface area contributed by atoms with Gasteiger partial charge in [0, 0.05) is 6.61 Å². The quantitative estimate of drug-likeness (QED) is 0.399. The summed E-state index contributed by atoms with van der Waals surface area (Å²) in [5, 5.41) is 5.48. The second-order valence-corrected chi connectivity index (χ2v) is 5.90. The van der Waals surface area contributed by atoms with Crippen molar-refractivity contribution in [2.75, 3.05) is 32.2 Å². The number of methoxy groups -OCH3 is 1. The number of anilines is 1. The van der Waals surface area contributed by atoms with Gasteiger partial charge in [0.1, 0.15) is 12.4 Å². The minimum Gasteiger partial charge on any atom is -0.490 e. The van der Waals surface area contributed by atoms with Crippen LogP contribution in [-0.4, -0.2) is 43.9 Å². The van der Waals surface area contributed by atoms with E-state index in [0.29, 0.717) is 42.4 Å². The van der Waals surface area contributed by atoms with Crippen LogP contribution in [0.3, 0.4) is 0 Å². The summed E-state index contributed by atoms with van der Waals surface area (Å²) in [7, 11) is 1.29. The number of thiocarbonyl (C=S) groups is 1. The molecule has 2 N–H and O–H groups in total. The number of esters is 1. The zero-order valence-electron chi connectivity index (χ0n) is 15.7. The summed E-state index contributed by atoms with van der Waals surface area (Å²) in [4.78, 5) is 24.4. The van der Waals surface area contributed by atoms with Crippen LogP contribution in [-0.2, 0) is 9.47 Å². The van der Waals surface area contributed by atoms with E-state index < -0.39 is 11.9 Å². The predicted octanol–water partition coefficient (Wildman–Crippen LogP) is 3.02. The summed E-state index contributed by atoms with van der Waals surface area (Å²) in [6, 6.07) is 13.5. The summed E-state index contributed by atoms with van der Waals surface area (Å²) in [6.45, 7) is 3.25. The second kappa shape index (κ2) is 11.0. The number of benzene rings is 2. The SMILES string of the molecule is CCOCCOc1ccccc1C(=O)NC(=S)Nc1ccccc1C(=O)OC. The van der Waals surface area contributed by atoms with Crippen molar-refractivity contribution in [3.63, 3.8) is 0 Å². The zero-order chi connectivity index (χ0) is 20.4. The van der Waals surface area contributed by atoms with Gasteiger partial charge in [-0.15, -0.1) is 0 Å². The molecular weight excluding hydrogens is 380 g/mol. The highest BCUT2D eigenvalue weighted by Gasteiger charge is 2.16. The summed E-state index contributed by atoms with van der Waals surface area (Å²) in [5.41, 5.74) is 1.08. The van der Waals surface area contributed by atoms with Crippen LogP contribution in [0.2, 0.25) is 0 Å². The van der Waals surface area contributed by atoms with Gasteiger partial charge < -0.3 is 19.5 Å². The average molecular weight is 402 g/mol. The molecule has 0 spiro atoms. The maximum absolute atomic E-state index is 12.6. The van der Waals surface area contributed by atoms with Crippen LogP contribution in [0, 0.1) is 0 Å². The number of hydrogen-bond acceptors (Lipinski definition) is 6. The topological polar surface area (TPSA) is 85.9 Å². The van der Waals surface area contributed by atoms with E-state index in [0.717, 1.165) is 0 Å². The molecule has 0 heterocycles. The van der Waals surface area contributed by atoms with Crippen molar-refractivity contribution in [1.82, 2.24) is 5.32 Å². The molecule has 0 aliphatic heterocycles. The molecule has 2 aromatic carbocycles. The first-order valence-corrected chi connectivity index (χ1v) is 9.06. The van der Waals surface area contributed by atoms with Crippen molar-refractivity contribution < 1.29 is 23.8 Å². The first-order chi connectivity index (χ1) is 13.6. The van der Waals surface area contributed by atoms with Crippen molar-refractivity contribution in [3.05, 3.63) is 59.7 Å². The van der Waals surface area contributed by atoms with E-state index in [1.165, 1.54) is 7.11 Å². The van der Waals surface area contributed by atoms with Gasteiger partial charge in [0.05, 0.1) is 30.5 Å². The normalized spacial score (nSPS) is 10.1. The number of ether oxygens (including phenoxy) is 3. The fourth-order valence-corrected chi connectivity index (χ4v) is 2.54. The lowest BCUT2D eigenvalue weighted by Crippen LogP contribution is -2.34. The highest BCUT2D eigenvalue weighted by atomic mass is 32.1. The third kappa shape index (κ3) is 6.04. The van der Waals surface area contributed by atoms with Crippen LogP contribution in [0.1, 0.15) is 27.6 Å². The molecule has 0 aliphatic rings. The van der Waals surface area contributed by atoms with Crippen molar-refractivity contribution in [1.29, 1.82) is 0 Å². The lowest BCUT2D eigenvalue weighted by atomic mass is 10.2. The lowest BCUT2D eigenvalue weighted by Gasteiger charge is -2.14. The Bertz CT molecular complexity index is 841. The molecule has 0 saturated heterocycles. The van der Waals surface area contributed by atoms with Gasteiger partial charge in [0.2, 0.25) is 0 Å². The fraction of sp³-hybridized carbons (Fsp3) is 0.250. The summed E-state index contributed by atoms with van der Waals surface area (Å²) >= 11 is 5.20. The van der Waals surface area contributed by atoms with E-state index in [1.54, 1.807) is 48.5 Å². The summed E-state index contributed by atoms with van der Waals surface area (Å²) < 4.78 is 15.6. The molecular formula is C20H22N2O5S. The van der Waals surface area contributed by atoms with E-state index in [9.17, 15) is 9.59 Å². The number of nitrogens with one attached hydrogen (secondary N) is 2. The Morgan fingerprint density at radius 3 is 2.39 bits per heavy atom. The van der Waals surface area contributed by atoms with Gasteiger partial charge in [-0.2, -0.15) is 0 Å². The van der Waals surface area contributed by atoms with Crippen molar-refractivity contribution >= 4 is 34.9 Å². The molecule has 0 atom stereocenters. The first-order valence-electron chi connectivity index (χ1n) is 8.66. The molecule has 0 radical (unpaired) electrons. The average Bonchev–Trinajstić information content (AvgIpc) is 2.71. The molecule has 1 amide bonds. The Kier molecular flexibility index (Phi) is 8.38. The molecule has 0 aromatic heterocycles. The largest absolute Gasteiger partial charge is 0.490 e. The minimum absolute atomic E-state index is 0.0467. The second-order valence-electron chi connectivity index (χ2n) is 5.49. The van der Waals surface area contributed by atoms with E-state index in [1.807, 2.05) is 6.92 Å². The third-order valence-electron chi connectivity index (χ3n) is 3.63. The molecule has 0 bridgehead atoms. The fourth-order valence-electron chi connectivity index (χ4n) is 2.34. The van der Waals surface area contributed by atoms with Crippen LogP contribution in [0.15, 0.2) is 48.5 Å². The molecule has 2 rings (SSSR count). The van der Waals surface area contributed by atoms with E-state index >= 15 is 0 Å². The highest BCUT2D eigenvalue weighted by Crippen LogP contribution is 2.19. The van der Waals surface area contributed by atoms with Crippen molar-refractivity contribution in [2.45, 2.75) is 6.92 Å². The number of carbonyl (C=O) groups excluding carboxylic acids is 2. The maximum Gasteiger partial charge on any atom is 0.339 e. The molecule has 28 heavy (non-hydrogen) atoms. The van der Waals surface area contributed by atoms with Crippen molar-refractivity contribution in [3.8, 4) is 5.75 Å². The van der Waals surface area contributed by atoms with Gasteiger partial charge >= 0.3 is 5.97 Å². The van der Waals surface area contributed by atoms with Gasteiger partial charge in [0.25, 0.3) is 5.91 Å². The van der Waals surface area contributed by atoms with Gasteiger partial charge in [-0.1, -0.05) is 24.3 Å². The van der Waals surface area contributed by atoms with Gasteiger partial charge in [0.15, 0.2) is 5.11 Å².